The molecule has 1 N–H and O–H groups in total. The highest BCUT2D eigenvalue weighted by Crippen LogP contribution is 2.19. The summed E-state index contributed by atoms with van der Waals surface area (Å²) in [5.41, 5.74) is 0. The smallest absolute Gasteiger partial charge is 0.323 e. The van der Waals surface area contributed by atoms with Gasteiger partial charge in [-0.25, -0.2) is 0 Å². The van der Waals surface area contributed by atoms with Gasteiger partial charge in [0, 0.05) is 30.6 Å². The fourth-order valence-corrected chi connectivity index (χ4v) is 3.13. The lowest BCUT2D eigenvalue weighted by molar-refractivity contribution is -0.150. The third-order valence-corrected chi connectivity index (χ3v) is 4.66. The van der Waals surface area contributed by atoms with Crippen LogP contribution in [0.25, 0.3) is 0 Å². The van der Waals surface area contributed by atoms with Gasteiger partial charge in [0.25, 0.3) is 0 Å². The maximum absolute atomic E-state index is 12.3. The highest BCUT2D eigenvalue weighted by atomic mass is 35.5. The molecule has 6 heteroatoms. The predicted molar refractivity (Wildman–Crippen MR) is 95.6 cm³/mol. The van der Waals surface area contributed by atoms with Crippen LogP contribution >= 0.6 is 11.6 Å². The number of nitrogens with one attached hydrogen (secondary N) is 1. The molecule has 134 valence electrons. The molecule has 1 aliphatic rings. The molecule has 0 amide bonds. The van der Waals surface area contributed by atoms with E-state index in [1.807, 2.05) is 26.1 Å². The van der Waals surface area contributed by atoms with E-state index in [1.54, 1.807) is 12.1 Å². The SMILES string of the molecule is CCOC(=O)C(CCOc1ccc(Cl)cc1)N1CCC(NC)CC1. The molecule has 0 radical (unpaired) electrons. The molecule has 1 saturated heterocycles. The van der Waals surface area contributed by atoms with E-state index < -0.39 is 0 Å². The minimum atomic E-state index is -0.241. The number of nitrogens with zero attached hydrogens (tertiary/aromatic N) is 1. The Morgan fingerprint density at radius 3 is 2.58 bits per heavy atom. The van der Waals surface area contributed by atoms with Crippen LogP contribution in [-0.4, -0.2) is 56.3 Å². The van der Waals surface area contributed by atoms with Gasteiger partial charge in [0.1, 0.15) is 11.8 Å². The summed E-state index contributed by atoms with van der Waals surface area (Å²) in [4.78, 5) is 14.5. The number of likely N-dealkylation sites (tertiary alicyclic amines) is 1. The minimum Gasteiger partial charge on any atom is -0.494 e. The van der Waals surface area contributed by atoms with Gasteiger partial charge in [-0.3, -0.25) is 9.69 Å². The van der Waals surface area contributed by atoms with E-state index >= 15 is 0 Å². The van der Waals surface area contributed by atoms with Crippen molar-refractivity contribution in [3.8, 4) is 5.75 Å². The summed E-state index contributed by atoms with van der Waals surface area (Å²) >= 11 is 5.87. The Balaban J connectivity index is 1.88. The molecule has 5 nitrogen and oxygen atoms in total. The van der Waals surface area contributed by atoms with Crippen molar-refractivity contribution in [3.05, 3.63) is 29.3 Å². The number of ether oxygens (including phenoxy) is 2. The third kappa shape index (κ3) is 5.65. The number of rotatable bonds is 8. The first-order chi connectivity index (χ1) is 11.6. The van der Waals surface area contributed by atoms with Crippen molar-refractivity contribution >= 4 is 17.6 Å². The van der Waals surface area contributed by atoms with E-state index in [-0.39, 0.29) is 12.0 Å². The monoisotopic (exact) mass is 354 g/mol. The molecule has 1 aliphatic heterocycles. The van der Waals surface area contributed by atoms with Crippen molar-refractivity contribution in [1.82, 2.24) is 10.2 Å². The summed E-state index contributed by atoms with van der Waals surface area (Å²) in [5.74, 6) is 0.607. The van der Waals surface area contributed by atoms with Crippen LogP contribution in [0.4, 0.5) is 0 Å². The van der Waals surface area contributed by atoms with Crippen LogP contribution in [0.5, 0.6) is 5.75 Å². The van der Waals surface area contributed by atoms with Gasteiger partial charge in [-0.1, -0.05) is 11.6 Å². The van der Waals surface area contributed by atoms with Crippen molar-refractivity contribution < 1.29 is 14.3 Å². The lowest BCUT2D eigenvalue weighted by atomic mass is 10.0. The zero-order valence-electron chi connectivity index (χ0n) is 14.5. The van der Waals surface area contributed by atoms with E-state index in [2.05, 4.69) is 10.2 Å². The number of hydrogen-bond acceptors (Lipinski definition) is 5. The number of hydrogen-bond donors (Lipinski definition) is 1. The normalized spacial score (nSPS) is 17.5. The van der Waals surface area contributed by atoms with E-state index in [9.17, 15) is 4.79 Å². The van der Waals surface area contributed by atoms with Crippen LogP contribution in [-0.2, 0) is 9.53 Å². The number of carbonyl (C=O) groups excluding carboxylic acids is 1. The van der Waals surface area contributed by atoms with Crippen LogP contribution < -0.4 is 10.1 Å². The van der Waals surface area contributed by atoms with Crippen molar-refractivity contribution in [2.75, 3.05) is 33.4 Å². The molecule has 1 heterocycles. The first kappa shape index (κ1) is 19.0. The van der Waals surface area contributed by atoms with Gasteiger partial charge in [-0.15, -0.1) is 0 Å². The Morgan fingerprint density at radius 2 is 2.00 bits per heavy atom. The van der Waals surface area contributed by atoms with Gasteiger partial charge in [0.05, 0.1) is 13.2 Å². The van der Waals surface area contributed by atoms with Gasteiger partial charge in [0.15, 0.2) is 0 Å². The summed E-state index contributed by atoms with van der Waals surface area (Å²) in [5, 5.41) is 3.99. The Bertz CT molecular complexity index is 501. The van der Waals surface area contributed by atoms with Gasteiger partial charge >= 0.3 is 5.97 Å². The maximum Gasteiger partial charge on any atom is 0.323 e. The predicted octanol–water partition coefficient (Wildman–Crippen LogP) is 2.72. The van der Waals surface area contributed by atoms with Gasteiger partial charge in [-0.2, -0.15) is 0 Å². The molecular formula is C18H27ClN2O3. The van der Waals surface area contributed by atoms with E-state index in [0.29, 0.717) is 30.7 Å². The highest BCUT2D eigenvalue weighted by Gasteiger charge is 2.30. The molecule has 0 saturated carbocycles. The number of benzene rings is 1. The van der Waals surface area contributed by atoms with E-state index in [4.69, 9.17) is 21.1 Å². The Morgan fingerprint density at radius 1 is 1.33 bits per heavy atom. The molecule has 1 fully saturated rings. The van der Waals surface area contributed by atoms with Crippen molar-refractivity contribution in [3.63, 3.8) is 0 Å². The Labute approximate surface area is 149 Å². The largest absolute Gasteiger partial charge is 0.494 e. The zero-order chi connectivity index (χ0) is 17.4. The Kier molecular flexibility index (Phi) is 7.82. The van der Waals surface area contributed by atoms with Crippen LogP contribution in [0.15, 0.2) is 24.3 Å². The molecule has 2 rings (SSSR count). The second-order valence-corrected chi connectivity index (χ2v) is 6.39. The first-order valence-corrected chi connectivity index (χ1v) is 8.98. The summed E-state index contributed by atoms with van der Waals surface area (Å²) in [7, 11) is 1.99. The van der Waals surface area contributed by atoms with E-state index in [1.165, 1.54) is 0 Å². The minimum absolute atomic E-state index is 0.153. The van der Waals surface area contributed by atoms with Crippen LogP contribution in [0, 0.1) is 0 Å². The molecule has 0 aromatic heterocycles. The summed E-state index contributed by atoms with van der Waals surface area (Å²) in [6.07, 6.45) is 2.71. The van der Waals surface area contributed by atoms with Crippen LogP contribution in [0.2, 0.25) is 5.02 Å². The average Bonchev–Trinajstić information content (AvgIpc) is 2.60. The lowest BCUT2D eigenvalue weighted by Gasteiger charge is -2.36. The fraction of sp³-hybridized carbons (Fsp3) is 0.611. The third-order valence-electron chi connectivity index (χ3n) is 4.41. The quantitative estimate of drug-likeness (QED) is 0.727. The molecule has 1 aromatic carbocycles. The number of halogens is 1. The maximum atomic E-state index is 12.3. The highest BCUT2D eigenvalue weighted by molar-refractivity contribution is 6.30. The molecule has 0 bridgehead atoms. The summed E-state index contributed by atoms with van der Waals surface area (Å²) in [6, 6.07) is 7.55. The van der Waals surface area contributed by atoms with Gasteiger partial charge in [0.2, 0.25) is 0 Å². The van der Waals surface area contributed by atoms with Gasteiger partial charge in [-0.05, 0) is 51.1 Å². The van der Waals surface area contributed by atoms with E-state index in [0.717, 1.165) is 31.7 Å². The van der Waals surface area contributed by atoms with Crippen LogP contribution in [0.3, 0.4) is 0 Å². The standard InChI is InChI=1S/C18H27ClN2O3/c1-3-23-18(22)17(21-11-8-15(20-2)9-12-21)10-13-24-16-6-4-14(19)5-7-16/h4-7,15,17,20H,3,8-13H2,1-2H3. The van der Waals surface area contributed by atoms with Crippen molar-refractivity contribution in [1.29, 1.82) is 0 Å². The second kappa shape index (κ2) is 9.87. The van der Waals surface area contributed by atoms with Gasteiger partial charge < -0.3 is 14.8 Å². The molecule has 0 aliphatic carbocycles. The average molecular weight is 355 g/mol. The molecule has 24 heavy (non-hydrogen) atoms. The summed E-state index contributed by atoms with van der Waals surface area (Å²) in [6.45, 7) is 4.51. The van der Waals surface area contributed by atoms with Crippen molar-refractivity contribution in [2.24, 2.45) is 0 Å². The molecule has 1 unspecified atom stereocenters. The molecule has 1 aromatic rings. The van der Waals surface area contributed by atoms with Crippen LogP contribution in [0.1, 0.15) is 26.2 Å². The first-order valence-electron chi connectivity index (χ1n) is 8.60. The molecule has 1 atom stereocenters. The number of carbonyl (C=O) groups is 1. The molecule has 0 spiro atoms. The number of piperidine rings is 1. The topological polar surface area (TPSA) is 50.8 Å². The molecular weight excluding hydrogens is 328 g/mol. The lowest BCUT2D eigenvalue weighted by Crippen LogP contribution is -2.49. The Hall–Kier alpha value is -1.30. The zero-order valence-corrected chi connectivity index (χ0v) is 15.2. The summed E-state index contributed by atoms with van der Waals surface area (Å²) < 4.78 is 11.0. The fourth-order valence-electron chi connectivity index (χ4n) is 3.01. The second-order valence-electron chi connectivity index (χ2n) is 5.96. The van der Waals surface area contributed by atoms with Crippen molar-refractivity contribution in [2.45, 2.75) is 38.3 Å². The number of esters is 1.